The van der Waals surface area contributed by atoms with Crippen molar-refractivity contribution in [2.75, 3.05) is 5.73 Å². The van der Waals surface area contributed by atoms with E-state index in [1.54, 1.807) is 7.05 Å². The molecule has 0 unspecified atom stereocenters. The highest BCUT2D eigenvalue weighted by Gasteiger charge is 2.18. The molecule has 0 saturated heterocycles. The lowest BCUT2D eigenvalue weighted by molar-refractivity contribution is 0.310. The number of benzene rings is 1. The number of nitrogens with zero attached hydrogens (tertiary/aromatic N) is 1. The molecule has 4 nitrogen and oxygen atoms in total. The fourth-order valence-corrected chi connectivity index (χ4v) is 1.97. The van der Waals surface area contributed by atoms with Crippen LogP contribution in [0.4, 0.5) is 5.88 Å². The van der Waals surface area contributed by atoms with Crippen LogP contribution in [0.15, 0.2) is 33.6 Å². The third-order valence-corrected chi connectivity index (χ3v) is 2.83. The topological polar surface area (TPSA) is 61.2 Å². The molecule has 0 aliphatic carbocycles. The monoisotopic (exact) mass is 232 g/mol. The van der Waals surface area contributed by atoms with Crippen LogP contribution in [0.2, 0.25) is 0 Å². The van der Waals surface area contributed by atoms with Gasteiger partial charge in [-0.15, -0.1) is 0 Å². The van der Waals surface area contributed by atoms with Gasteiger partial charge in [-0.05, 0) is 17.0 Å². The molecule has 1 aromatic carbocycles. The van der Waals surface area contributed by atoms with Crippen molar-refractivity contribution in [3.8, 4) is 11.1 Å². The van der Waals surface area contributed by atoms with Crippen LogP contribution >= 0.6 is 0 Å². The molecule has 1 heterocycles. The van der Waals surface area contributed by atoms with Crippen LogP contribution in [0.1, 0.15) is 25.3 Å². The second-order valence-corrected chi connectivity index (χ2v) is 4.38. The predicted molar refractivity (Wildman–Crippen MR) is 67.9 cm³/mol. The molecular weight excluding hydrogens is 216 g/mol. The van der Waals surface area contributed by atoms with E-state index in [1.807, 2.05) is 24.3 Å². The largest absolute Gasteiger partial charge is 0.367 e. The lowest BCUT2D eigenvalue weighted by Gasteiger charge is -2.10. The SMILES string of the molecule is CC(C)c1ccccc1-c1c(N)on(C)c1=O. The van der Waals surface area contributed by atoms with Crippen LogP contribution < -0.4 is 11.3 Å². The third kappa shape index (κ3) is 1.86. The van der Waals surface area contributed by atoms with Gasteiger partial charge in [-0.2, -0.15) is 4.74 Å². The zero-order valence-electron chi connectivity index (χ0n) is 10.2. The van der Waals surface area contributed by atoms with Gasteiger partial charge in [0.15, 0.2) is 0 Å². The van der Waals surface area contributed by atoms with E-state index in [0.717, 1.165) is 15.9 Å². The highest BCUT2D eigenvalue weighted by Crippen LogP contribution is 2.30. The van der Waals surface area contributed by atoms with Gasteiger partial charge in [0, 0.05) is 7.05 Å². The maximum Gasteiger partial charge on any atom is 0.292 e. The van der Waals surface area contributed by atoms with Crippen molar-refractivity contribution >= 4 is 5.88 Å². The minimum atomic E-state index is -0.199. The van der Waals surface area contributed by atoms with Gasteiger partial charge in [0.25, 0.3) is 5.56 Å². The van der Waals surface area contributed by atoms with E-state index in [2.05, 4.69) is 13.8 Å². The molecule has 2 N–H and O–H groups in total. The van der Waals surface area contributed by atoms with E-state index in [-0.39, 0.29) is 11.4 Å². The standard InChI is InChI=1S/C13H16N2O2/c1-8(2)9-6-4-5-7-10(9)11-12(14)17-15(3)13(11)16/h4-8H,14H2,1-3H3. The van der Waals surface area contributed by atoms with Crippen LogP contribution in [-0.2, 0) is 7.05 Å². The summed E-state index contributed by atoms with van der Waals surface area (Å²) in [5.74, 6) is 0.496. The Morgan fingerprint density at radius 1 is 1.29 bits per heavy atom. The first-order valence-corrected chi connectivity index (χ1v) is 5.57. The van der Waals surface area contributed by atoms with Crippen molar-refractivity contribution in [1.29, 1.82) is 0 Å². The van der Waals surface area contributed by atoms with E-state index in [4.69, 9.17) is 10.3 Å². The van der Waals surface area contributed by atoms with Crippen molar-refractivity contribution in [2.45, 2.75) is 19.8 Å². The molecule has 90 valence electrons. The van der Waals surface area contributed by atoms with Crippen LogP contribution in [0.25, 0.3) is 11.1 Å². The van der Waals surface area contributed by atoms with Crippen LogP contribution in [0.3, 0.4) is 0 Å². The summed E-state index contributed by atoms with van der Waals surface area (Å²) in [6, 6.07) is 7.76. The first kappa shape index (κ1) is 11.5. The van der Waals surface area contributed by atoms with Crippen molar-refractivity contribution in [2.24, 2.45) is 7.05 Å². The average Bonchev–Trinajstić information content (AvgIpc) is 2.53. The Morgan fingerprint density at radius 2 is 1.94 bits per heavy atom. The fourth-order valence-electron chi connectivity index (χ4n) is 1.97. The van der Waals surface area contributed by atoms with Gasteiger partial charge in [-0.1, -0.05) is 38.1 Å². The lowest BCUT2D eigenvalue weighted by Crippen LogP contribution is -2.12. The van der Waals surface area contributed by atoms with E-state index < -0.39 is 0 Å². The molecule has 0 bridgehead atoms. The quantitative estimate of drug-likeness (QED) is 0.864. The van der Waals surface area contributed by atoms with Crippen molar-refractivity contribution in [3.63, 3.8) is 0 Å². The molecule has 0 saturated carbocycles. The number of nitrogens with two attached hydrogens (primary N) is 1. The molecule has 4 heteroatoms. The molecule has 0 aliphatic heterocycles. The van der Waals surface area contributed by atoms with Gasteiger partial charge < -0.3 is 10.3 Å². The molecule has 1 aromatic heterocycles. The molecule has 0 aliphatic rings. The second kappa shape index (κ2) is 4.13. The smallest absolute Gasteiger partial charge is 0.292 e. The summed E-state index contributed by atoms with van der Waals surface area (Å²) in [6.07, 6.45) is 0. The summed E-state index contributed by atoms with van der Waals surface area (Å²) in [6.45, 7) is 4.17. The number of nitrogen functional groups attached to an aromatic ring is 1. The number of hydrogen-bond acceptors (Lipinski definition) is 3. The fraction of sp³-hybridized carbons (Fsp3) is 0.308. The van der Waals surface area contributed by atoms with E-state index in [9.17, 15) is 4.79 Å². The van der Waals surface area contributed by atoms with Crippen molar-refractivity contribution in [3.05, 3.63) is 40.2 Å². The summed E-state index contributed by atoms with van der Waals surface area (Å²) in [5.41, 5.74) is 7.96. The van der Waals surface area contributed by atoms with Gasteiger partial charge in [0.05, 0.1) is 0 Å². The summed E-state index contributed by atoms with van der Waals surface area (Å²) < 4.78 is 6.27. The van der Waals surface area contributed by atoms with Gasteiger partial charge in [-0.25, -0.2) is 0 Å². The van der Waals surface area contributed by atoms with E-state index in [0.29, 0.717) is 11.5 Å². The zero-order chi connectivity index (χ0) is 12.6. The minimum Gasteiger partial charge on any atom is -0.367 e. The Hall–Kier alpha value is -1.97. The Morgan fingerprint density at radius 3 is 2.47 bits per heavy atom. The summed E-state index contributed by atoms with van der Waals surface area (Å²) in [4.78, 5) is 12.0. The number of aryl methyl sites for hydroxylation is 1. The van der Waals surface area contributed by atoms with Gasteiger partial charge in [0.1, 0.15) is 5.56 Å². The minimum absolute atomic E-state index is 0.172. The number of aromatic nitrogens is 1. The Balaban J connectivity index is 2.73. The van der Waals surface area contributed by atoms with Crippen LogP contribution in [-0.4, -0.2) is 4.74 Å². The van der Waals surface area contributed by atoms with Gasteiger partial charge in [0.2, 0.25) is 5.88 Å². The Kier molecular flexibility index (Phi) is 2.79. The molecule has 2 rings (SSSR count). The first-order chi connectivity index (χ1) is 8.02. The maximum absolute atomic E-state index is 12.0. The maximum atomic E-state index is 12.0. The highest BCUT2D eigenvalue weighted by atomic mass is 16.5. The average molecular weight is 232 g/mol. The van der Waals surface area contributed by atoms with Crippen molar-refractivity contribution < 1.29 is 4.52 Å². The number of hydrogen-bond donors (Lipinski definition) is 1. The summed E-state index contributed by atoms with van der Waals surface area (Å²) >= 11 is 0. The van der Waals surface area contributed by atoms with Crippen molar-refractivity contribution in [1.82, 2.24) is 4.74 Å². The second-order valence-electron chi connectivity index (χ2n) is 4.38. The summed E-state index contributed by atoms with van der Waals surface area (Å²) in [5, 5.41) is 0. The molecule has 17 heavy (non-hydrogen) atoms. The molecular formula is C13H16N2O2. The van der Waals surface area contributed by atoms with Gasteiger partial charge >= 0.3 is 0 Å². The number of anilines is 1. The highest BCUT2D eigenvalue weighted by molar-refractivity contribution is 5.75. The molecule has 0 spiro atoms. The molecule has 0 radical (unpaired) electrons. The van der Waals surface area contributed by atoms with E-state index in [1.165, 1.54) is 0 Å². The van der Waals surface area contributed by atoms with Gasteiger partial charge in [-0.3, -0.25) is 4.79 Å². The lowest BCUT2D eigenvalue weighted by atomic mass is 9.94. The van der Waals surface area contributed by atoms with Crippen LogP contribution in [0.5, 0.6) is 0 Å². The third-order valence-electron chi connectivity index (χ3n) is 2.83. The molecule has 2 aromatic rings. The Bertz CT molecular complexity index is 594. The summed E-state index contributed by atoms with van der Waals surface area (Å²) in [7, 11) is 1.56. The molecule has 0 atom stereocenters. The molecule has 0 fully saturated rings. The molecule has 0 amide bonds. The normalized spacial score (nSPS) is 11.1. The Labute approximate surface area is 99.6 Å². The predicted octanol–water partition coefficient (Wildman–Crippen LogP) is 2.35. The number of rotatable bonds is 2. The van der Waals surface area contributed by atoms with E-state index >= 15 is 0 Å². The van der Waals surface area contributed by atoms with Crippen LogP contribution in [0, 0.1) is 0 Å². The first-order valence-electron chi connectivity index (χ1n) is 5.57. The zero-order valence-corrected chi connectivity index (χ0v) is 10.2.